The monoisotopic (exact) mass is 541 g/mol. The second kappa shape index (κ2) is 11.0. The van der Waals surface area contributed by atoms with E-state index < -0.39 is 5.82 Å². The molecule has 39 heavy (non-hydrogen) atoms. The standard InChI is InChI=1S/C27H40FN9O2/c1-34-15-17(3-4-22(34)27(39)36-11-6-19(7-12-36)35-9-2-10-35)20-5-8-30-14-21(20)32-26(38)23-24(29)33-37-16-18(28)13-31-25(23)37/h13,16-17,19-22,30H,2-12,14-15H2,1H3,(H2,29,33)(H,32,38). The Morgan fingerprint density at radius 2 is 1.92 bits per heavy atom. The predicted octanol–water partition coefficient (Wildman–Crippen LogP) is 0.566. The Hall–Kier alpha value is -2.83. The van der Waals surface area contributed by atoms with Crippen LogP contribution in [0.1, 0.15) is 48.9 Å². The molecule has 12 heteroatoms. The normalized spacial score (nSPS) is 29.3. The Kier molecular flexibility index (Phi) is 7.43. The number of nitrogens with one attached hydrogen (secondary N) is 2. The Labute approximate surface area is 228 Å². The third kappa shape index (κ3) is 5.21. The summed E-state index contributed by atoms with van der Waals surface area (Å²) in [5, 5.41) is 10.6. The van der Waals surface area contributed by atoms with Crippen molar-refractivity contribution in [1.82, 2.24) is 39.9 Å². The molecule has 2 amide bonds. The van der Waals surface area contributed by atoms with E-state index in [0.717, 1.165) is 70.7 Å². The third-order valence-corrected chi connectivity index (χ3v) is 9.49. The molecule has 4 aliphatic rings. The molecule has 4 atom stereocenters. The van der Waals surface area contributed by atoms with Crippen LogP contribution in [0.15, 0.2) is 12.4 Å². The summed E-state index contributed by atoms with van der Waals surface area (Å²) >= 11 is 0. The van der Waals surface area contributed by atoms with Gasteiger partial charge in [-0.1, -0.05) is 0 Å². The zero-order chi connectivity index (χ0) is 27.1. The molecule has 0 aromatic carbocycles. The van der Waals surface area contributed by atoms with E-state index >= 15 is 0 Å². The summed E-state index contributed by atoms with van der Waals surface area (Å²) in [4.78, 5) is 37.7. The number of nitrogens with zero attached hydrogens (tertiary/aromatic N) is 6. The van der Waals surface area contributed by atoms with Crippen molar-refractivity contribution in [2.75, 3.05) is 58.6 Å². The number of fused-ring (bicyclic) bond motifs is 1. The van der Waals surface area contributed by atoms with Gasteiger partial charge < -0.3 is 26.2 Å². The highest BCUT2D eigenvalue weighted by molar-refractivity contribution is 6.04. The zero-order valence-electron chi connectivity index (χ0n) is 22.7. The quantitative estimate of drug-likeness (QED) is 0.502. The second-order valence-corrected chi connectivity index (χ2v) is 11.8. The minimum absolute atomic E-state index is 0.0265. The van der Waals surface area contributed by atoms with E-state index in [9.17, 15) is 14.0 Å². The first-order chi connectivity index (χ1) is 18.9. The molecule has 0 aliphatic carbocycles. The minimum atomic E-state index is -0.553. The van der Waals surface area contributed by atoms with Gasteiger partial charge in [0.05, 0.1) is 18.4 Å². The molecule has 4 saturated heterocycles. The van der Waals surface area contributed by atoms with Crippen molar-refractivity contribution in [2.24, 2.45) is 11.8 Å². The van der Waals surface area contributed by atoms with E-state index in [4.69, 9.17) is 5.73 Å². The van der Waals surface area contributed by atoms with Crippen molar-refractivity contribution < 1.29 is 14.0 Å². The molecule has 2 aromatic heterocycles. The number of likely N-dealkylation sites (tertiary alicyclic amines) is 3. The SMILES string of the molecule is CN1CC(C2CCNCC2NC(=O)c2c(N)nn3cc(F)cnc23)CCC1C(=O)N1CCC(N2CCC2)CC1. The highest BCUT2D eigenvalue weighted by Gasteiger charge is 2.41. The van der Waals surface area contributed by atoms with E-state index in [1.54, 1.807) is 0 Å². The number of anilines is 1. The van der Waals surface area contributed by atoms with Crippen molar-refractivity contribution in [3.05, 3.63) is 23.8 Å². The lowest BCUT2D eigenvalue weighted by molar-refractivity contribution is -0.140. The van der Waals surface area contributed by atoms with Gasteiger partial charge >= 0.3 is 0 Å². The van der Waals surface area contributed by atoms with Crippen LogP contribution in [-0.2, 0) is 4.79 Å². The maximum Gasteiger partial charge on any atom is 0.259 e. The molecule has 0 radical (unpaired) electrons. The number of nitrogen functional groups attached to an aromatic ring is 1. The van der Waals surface area contributed by atoms with Crippen LogP contribution in [0, 0.1) is 17.7 Å². The summed E-state index contributed by atoms with van der Waals surface area (Å²) in [6.07, 6.45) is 8.44. The fourth-order valence-corrected chi connectivity index (χ4v) is 7.20. The minimum Gasteiger partial charge on any atom is -0.381 e. The fraction of sp³-hybridized carbons (Fsp3) is 0.704. The van der Waals surface area contributed by atoms with Gasteiger partial charge in [0.2, 0.25) is 5.91 Å². The Morgan fingerprint density at radius 3 is 2.64 bits per heavy atom. The van der Waals surface area contributed by atoms with E-state index in [-0.39, 0.29) is 46.8 Å². The smallest absolute Gasteiger partial charge is 0.259 e. The second-order valence-electron chi connectivity index (χ2n) is 11.8. The lowest BCUT2D eigenvalue weighted by Crippen LogP contribution is -2.58. The van der Waals surface area contributed by atoms with Crippen molar-refractivity contribution in [3.63, 3.8) is 0 Å². The zero-order valence-corrected chi connectivity index (χ0v) is 22.7. The third-order valence-electron chi connectivity index (χ3n) is 9.49. The number of amides is 2. The van der Waals surface area contributed by atoms with E-state index in [1.165, 1.54) is 24.0 Å². The number of hydrogen-bond acceptors (Lipinski definition) is 8. The maximum atomic E-state index is 13.6. The molecule has 2 aromatic rings. The Bertz CT molecular complexity index is 1210. The number of halogens is 1. The molecule has 4 fully saturated rings. The number of likely N-dealkylation sites (N-methyl/N-ethyl adjacent to an activating group) is 1. The summed E-state index contributed by atoms with van der Waals surface area (Å²) in [5.41, 5.74) is 6.43. The summed E-state index contributed by atoms with van der Waals surface area (Å²) < 4.78 is 14.8. The maximum absolute atomic E-state index is 13.6. The van der Waals surface area contributed by atoms with Crippen LogP contribution in [-0.4, -0.2) is 112 Å². The van der Waals surface area contributed by atoms with Gasteiger partial charge in [0.15, 0.2) is 17.3 Å². The van der Waals surface area contributed by atoms with Crippen molar-refractivity contribution in [2.45, 2.75) is 56.7 Å². The number of carbonyl (C=O) groups is 2. The van der Waals surface area contributed by atoms with Crippen LogP contribution < -0.4 is 16.4 Å². The van der Waals surface area contributed by atoms with Gasteiger partial charge in [0.25, 0.3) is 5.91 Å². The van der Waals surface area contributed by atoms with E-state index in [2.05, 4.69) is 42.5 Å². The van der Waals surface area contributed by atoms with E-state index in [1.807, 2.05) is 0 Å². The molecule has 4 unspecified atom stereocenters. The molecular formula is C27H40FN9O2. The molecule has 4 N–H and O–H groups in total. The van der Waals surface area contributed by atoms with Gasteiger partial charge in [-0.05, 0) is 77.0 Å². The molecule has 4 aliphatic heterocycles. The highest BCUT2D eigenvalue weighted by atomic mass is 19.1. The topological polar surface area (TPSA) is 124 Å². The number of carbonyl (C=O) groups excluding carboxylic acids is 2. The van der Waals surface area contributed by atoms with Crippen molar-refractivity contribution in [1.29, 1.82) is 0 Å². The molecule has 0 bridgehead atoms. The molecule has 6 rings (SSSR count). The largest absolute Gasteiger partial charge is 0.381 e. The Morgan fingerprint density at radius 1 is 1.13 bits per heavy atom. The molecular weight excluding hydrogens is 501 g/mol. The van der Waals surface area contributed by atoms with Gasteiger partial charge in [-0.3, -0.25) is 14.5 Å². The van der Waals surface area contributed by atoms with Crippen LogP contribution in [0.5, 0.6) is 0 Å². The average Bonchev–Trinajstić information content (AvgIpc) is 3.22. The van der Waals surface area contributed by atoms with Gasteiger partial charge in [0.1, 0.15) is 5.56 Å². The predicted molar refractivity (Wildman–Crippen MR) is 145 cm³/mol. The summed E-state index contributed by atoms with van der Waals surface area (Å²) in [7, 11) is 2.07. The van der Waals surface area contributed by atoms with Gasteiger partial charge in [-0.15, -0.1) is 5.10 Å². The van der Waals surface area contributed by atoms with Gasteiger partial charge in [0, 0.05) is 38.3 Å². The number of piperidine rings is 3. The number of rotatable bonds is 5. The summed E-state index contributed by atoms with van der Waals surface area (Å²) in [6.45, 7) is 6.54. The Balaban J connectivity index is 1.07. The van der Waals surface area contributed by atoms with E-state index in [0.29, 0.717) is 18.5 Å². The molecule has 0 spiro atoms. The average molecular weight is 542 g/mol. The first-order valence-electron chi connectivity index (χ1n) is 14.4. The highest BCUT2D eigenvalue weighted by Crippen LogP contribution is 2.33. The lowest BCUT2D eigenvalue weighted by Gasteiger charge is -2.46. The van der Waals surface area contributed by atoms with Crippen LogP contribution in [0.25, 0.3) is 5.65 Å². The summed E-state index contributed by atoms with van der Waals surface area (Å²) in [5.74, 6) is 0.0489. The van der Waals surface area contributed by atoms with Crippen LogP contribution >= 0.6 is 0 Å². The molecule has 6 heterocycles. The summed E-state index contributed by atoms with van der Waals surface area (Å²) in [6, 6.07) is 0.491. The lowest BCUT2D eigenvalue weighted by atomic mass is 9.76. The molecule has 0 saturated carbocycles. The van der Waals surface area contributed by atoms with Gasteiger partial charge in [-0.2, -0.15) is 0 Å². The van der Waals surface area contributed by atoms with Crippen molar-refractivity contribution in [3.8, 4) is 0 Å². The van der Waals surface area contributed by atoms with Crippen LogP contribution in [0.4, 0.5) is 10.2 Å². The first-order valence-corrected chi connectivity index (χ1v) is 14.4. The fourth-order valence-electron chi connectivity index (χ4n) is 7.20. The van der Waals surface area contributed by atoms with Crippen LogP contribution in [0.3, 0.4) is 0 Å². The molecule has 212 valence electrons. The molecule has 11 nitrogen and oxygen atoms in total. The van der Waals surface area contributed by atoms with Gasteiger partial charge in [-0.25, -0.2) is 13.9 Å². The first kappa shape index (κ1) is 26.4. The number of aromatic nitrogens is 3. The van der Waals surface area contributed by atoms with Crippen LogP contribution in [0.2, 0.25) is 0 Å². The number of nitrogens with two attached hydrogens (primary N) is 1. The number of hydrogen-bond donors (Lipinski definition) is 3. The van der Waals surface area contributed by atoms with Crippen molar-refractivity contribution >= 4 is 23.3 Å².